The number of hydrogen-bond acceptors (Lipinski definition) is 2. The van der Waals surface area contributed by atoms with Crippen LogP contribution < -0.4 is 0 Å². The minimum Gasteiger partial charge on any atom is -0.513 e. The zero-order valence-corrected chi connectivity index (χ0v) is 15.0. The van der Waals surface area contributed by atoms with E-state index in [1.165, 1.54) is 32.1 Å². The lowest BCUT2D eigenvalue weighted by atomic mass is 9.45. The Morgan fingerprint density at radius 3 is 2.57 bits per heavy atom. The Morgan fingerprint density at radius 1 is 1.09 bits per heavy atom. The van der Waals surface area contributed by atoms with Crippen LogP contribution >= 0.6 is 0 Å². The lowest BCUT2D eigenvalue weighted by Crippen LogP contribution is -2.52. The van der Waals surface area contributed by atoms with Gasteiger partial charge in [-0.1, -0.05) is 13.8 Å². The average molecular weight is 316 g/mol. The summed E-state index contributed by atoms with van der Waals surface area (Å²) in [7, 11) is 0. The first-order valence-electron chi connectivity index (χ1n) is 9.74. The molecule has 0 saturated heterocycles. The Hall–Kier alpha value is -0.790. The number of allylic oxidation sites excluding steroid dienone is 2. The third-order valence-electron chi connectivity index (χ3n) is 8.79. The summed E-state index contributed by atoms with van der Waals surface area (Å²) in [6.45, 7) is 6.74. The zero-order valence-electron chi connectivity index (χ0n) is 15.0. The predicted octanol–water partition coefficient (Wildman–Crippen LogP) is 5.29. The molecular formula is C21H32O2. The van der Waals surface area contributed by atoms with Crippen molar-refractivity contribution in [1.82, 2.24) is 0 Å². The molecule has 1 N–H and O–H groups in total. The van der Waals surface area contributed by atoms with Gasteiger partial charge in [-0.3, -0.25) is 4.79 Å². The highest BCUT2D eigenvalue weighted by atomic mass is 16.3. The molecule has 2 nitrogen and oxygen atoms in total. The molecule has 4 aliphatic rings. The number of carbonyl (C=O) groups is 1. The molecular weight excluding hydrogens is 284 g/mol. The molecule has 0 aromatic rings. The number of rotatable bonds is 1. The normalized spacial score (nSPS) is 52.1. The molecule has 4 rings (SSSR count). The Labute approximate surface area is 140 Å². The predicted molar refractivity (Wildman–Crippen MR) is 92.0 cm³/mol. The summed E-state index contributed by atoms with van der Waals surface area (Å²) in [4.78, 5) is 12.2. The summed E-state index contributed by atoms with van der Waals surface area (Å²) in [5.41, 5.74) is 0.646. The van der Waals surface area contributed by atoms with E-state index in [1.54, 1.807) is 0 Å². The lowest BCUT2D eigenvalue weighted by Gasteiger charge is -2.59. The van der Waals surface area contributed by atoms with Crippen molar-refractivity contribution in [2.24, 2.45) is 40.4 Å². The monoisotopic (exact) mass is 316 g/mol. The SMILES string of the molecule is CC(=O)[C@H]1CC[C@H]2[C@@H]3CC[C@H]4CC(O)=CC[C@]4(C)[C@H]3CC[C@]12C. The van der Waals surface area contributed by atoms with E-state index in [1.807, 2.05) is 6.92 Å². The van der Waals surface area contributed by atoms with Gasteiger partial charge in [0.15, 0.2) is 0 Å². The van der Waals surface area contributed by atoms with Crippen LogP contribution in [-0.2, 0) is 4.79 Å². The molecule has 3 saturated carbocycles. The minimum absolute atomic E-state index is 0.267. The van der Waals surface area contributed by atoms with Gasteiger partial charge in [-0.05, 0) is 92.4 Å². The molecule has 3 fully saturated rings. The largest absolute Gasteiger partial charge is 0.513 e. The van der Waals surface area contributed by atoms with Crippen LogP contribution in [-0.4, -0.2) is 10.9 Å². The quantitative estimate of drug-likeness (QED) is 0.714. The molecule has 0 radical (unpaired) electrons. The number of Topliss-reactive ketones (excluding diaryl/α,β-unsaturated/α-hetero) is 1. The number of ketones is 1. The first-order valence-corrected chi connectivity index (χ1v) is 9.74. The van der Waals surface area contributed by atoms with Gasteiger partial charge in [0.25, 0.3) is 0 Å². The lowest BCUT2D eigenvalue weighted by molar-refractivity contribution is -0.131. The molecule has 4 aliphatic carbocycles. The highest BCUT2D eigenvalue weighted by Crippen LogP contribution is 2.67. The molecule has 23 heavy (non-hydrogen) atoms. The van der Waals surface area contributed by atoms with Crippen molar-refractivity contribution in [3.63, 3.8) is 0 Å². The van der Waals surface area contributed by atoms with Gasteiger partial charge in [-0.25, -0.2) is 0 Å². The minimum atomic E-state index is 0.267. The van der Waals surface area contributed by atoms with Gasteiger partial charge in [-0.15, -0.1) is 0 Å². The molecule has 0 bridgehead atoms. The summed E-state index contributed by atoms with van der Waals surface area (Å²) < 4.78 is 0. The smallest absolute Gasteiger partial charge is 0.133 e. The number of hydrogen-bond donors (Lipinski definition) is 1. The van der Waals surface area contributed by atoms with Crippen molar-refractivity contribution in [2.75, 3.05) is 0 Å². The summed E-state index contributed by atoms with van der Waals surface area (Å²) in [6, 6.07) is 0. The molecule has 7 atom stereocenters. The van der Waals surface area contributed by atoms with E-state index in [4.69, 9.17) is 0 Å². The Morgan fingerprint density at radius 2 is 1.83 bits per heavy atom. The Balaban J connectivity index is 1.64. The van der Waals surface area contributed by atoms with Crippen molar-refractivity contribution >= 4 is 5.78 Å². The van der Waals surface area contributed by atoms with Gasteiger partial charge in [0.2, 0.25) is 0 Å². The molecule has 128 valence electrons. The van der Waals surface area contributed by atoms with Crippen molar-refractivity contribution in [2.45, 2.75) is 72.1 Å². The van der Waals surface area contributed by atoms with Gasteiger partial charge in [0.1, 0.15) is 5.78 Å². The molecule has 0 aromatic heterocycles. The van der Waals surface area contributed by atoms with E-state index in [9.17, 15) is 9.90 Å². The first-order chi connectivity index (χ1) is 10.9. The molecule has 0 amide bonds. The van der Waals surface area contributed by atoms with E-state index < -0.39 is 0 Å². The van der Waals surface area contributed by atoms with Crippen LogP contribution in [0.1, 0.15) is 72.1 Å². The second kappa shape index (κ2) is 5.10. The molecule has 2 heteroatoms. The first kappa shape index (κ1) is 15.7. The van der Waals surface area contributed by atoms with Crippen molar-refractivity contribution < 1.29 is 9.90 Å². The fourth-order valence-corrected chi connectivity index (χ4v) is 7.53. The topological polar surface area (TPSA) is 37.3 Å². The fraction of sp³-hybridized carbons (Fsp3) is 0.857. The maximum absolute atomic E-state index is 12.2. The number of carbonyl (C=O) groups excluding carboxylic acids is 1. The molecule has 0 unspecified atom stereocenters. The second-order valence-corrected chi connectivity index (χ2v) is 9.55. The maximum atomic E-state index is 12.2. The Kier molecular flexibility index (Phi) is 3.49. The number of aliphatic hydroxyl groups is 1. The van der Waals surface area contributed by atoms with Gasteiger partial charge in [0.05, 0.1) is 5.76 Å². The highest BCUT2D eigenvalue weighted by Gasteiger charge is 2.60. The third-order valence-corrected chi connectivity index (χ3v) is 8.79. The number of aliphatic hydroxyl groups excluding tert-OH is 1. The summed E-state index contributed by atoms with van der Waals surface area (Å²) in [5, 5.41) is 9.97. The van der Waals surface area contributed by atoms with E-state index >= 15 is 0 Å². The molecule has 0 aliphatic heterocycles. The van der Waals surface area contributed by atoms with E-state index in [2.05, 4.69) is 19.9 Å². The van der Waals surface area contributed by atoms with Crippen LogP contribution in [0.5, 0.6) is 0 Å². The van der Waals surface area contributed by atoms with Crippen LogP contribution in [0, 0.1) is 40.4 Å². The standard InChI is InChI=1S/C21H32O2/c1-13(22)17-6-7-18-16-5-4-14-12-15(23)8-10-20(14,2)19(16)9-11-21(17,18)3/h8,14,16-19,23H,4-7,9-12H2,1-3H3/t14-,16-,17+,18-,19-,20-,21+/m0/s1. The highest BCUT2D eigenvalue weighted by molar-refractivity contribution is 5.79. The van der Waals surface area contributed by atoms with Gasteiger partial charge >= 0.3 is 0 Å². The fourth-order valence-electron chi connectivity index (χ4n) is 7.53. The van der Waals surface area contributed by atoms with Crippen molar-refractivity contribution in [1.29, 1.82) is 0 Å². The average Bonchev–Trinajstić information content (AvgIpc) is 2.85. The van der Waals surface area contributed by atoms with Crippen LogP contribution in [0.25, 0.3) is 0 Å². The zero-order chi connectivity index (χ0) is 16.4. The molecule has 0 spiro atoms. The molecule has 0 aromatic carbocycles. The van der Waals surface area contributed by atoms with E-state index in [0.717, 1.165) is 37.0 Å². The van der Waals surface area contributed by atoms with Crippen LogP contribution in [0.4, 0.5) is 0 Å². The van der Waals surface area contributed by atoms with Gasteiger partial charge < -0.3 is 5.11 Å². The summed E-state index contributed by atoms with van der Waals surface area (Å²) in [6.07, 6.45) is 11.6. The van der Waals surface area contributed by atoms with Crippen LogP contribution in [0.15, 0.2) is 11.8 Å². The Bertz CT molecular complexity index is 550. The van der Waals surface area contributed by atoms with Gasteiger partial charge in [0, 0.05) is 12.3 Å². The summed E-state index contributed by atoms with van der Waals surface area (Å²) >= 11 is 0. The number of fused-ring (bicyclic) bond motifs is 5. The van der Waals surface area contributed by atoms with Gasteiger partial charge in [-0.2, -0.15) is 0 Å². The van der Waals surface area contributed by atoms with E-state index in [0.29, 0.717) is 28.8 Å². The van der Waals surface area contributed by atoms with Crippen LogP contribution in [0.3, 0.4) is 0 Å². The van der Waals surface area contributed by atoms with Crippen molar-refractivity contribution in [3.8, 4) is 0 Å². The van der Waals surface area contributed by atoms with E-state index in [-0.39, 0.29) is 5.41 Å². The second-order valence-electron chi connectivity index (χ2n) is 9.55. The maximum Gasteiger partial charge on any atom is 0.133 e. The third kappa shape index (κ3) is 2.09. The summed E-state index contributed by atoms with van der Waals surface area (Å²) in [5.74, 6) is 4.41. The van der Waals surface area contributed by atoms with Crippen molar-refractivity contribution in [3.05, 3.63) is 11.8 Å². The van der Waals surface area contributed by atoms with Crippen LogP contribution in [0.2, 0.25) is 0 Å². The molecule has 0 heterocycles.